The van der Waals surface area contributed by atoms with Crippen molar-refractivity contribution in [1.82, 2.24) is 0 Å². The first-order valence-electron chi connectivity index (χ1n) is 5.04. The van der Waals surface area contributed by atoms with Crippen molar-refractivity contribution in [3.05, 3.63) is 36.4 Å². The van der Waals surface area contributed by atoms with Gasteiger partial charge in [-0.15, -0.1) is 0 Å². The molecule has 0 fully saturated rings. The molecular formula is C12H14N4S. The zero-order valence-electron chi connectivity index (χ0n) is 9.18. The average Bonchev–Trinajstić information content (AvgIpc) is 2.25. The number of anilines is 4. The molecule has 0 saturated carbocycles. The maximum Gasteiger partial charge on any atom is 0.0476 e. The quantitative estimate of drug-likeness (QED) is 0.608. The lowest BCUT2D eigenvalue weighted by Crippen LogP contribution is -1.94. The topological polar surface area (TPSA) is 104 Å². The highest BCUT2D eigenvalue weighted by molar-refractivity contribution is 7.99. The van der Waals surface area contributed by atoms with E-state index in [-0.39, 0.29) is 0 Å². The van der Waals surface area contributed by atoms with Crippen LogP contribution in [0.25, 0.3) is 0 Å². The first-order valence-corrected chi connectivity index (χ1v) is 5.86. The predicted molar refractivity (Wildman–Crippen MR) is 74.7 cm³/mol. The molecule has 2 aromatic carbocycles. The Hall–Kier alpha value is -2.01. The van der Waals surface area contributed by atoms with Crippen molar-refractivity contribution in [3.8, 4) is 0 Å². The van der Waals surface area contributed by atoms with Gasteiger partial charge in [0, 0.05) is 32.5 Å². The molecule has 0 heterocycles. The van der Waals surface area contributed by atoms with Crippen molar-refractivity contribution in [2.75, 3.05) is 22.9 Å². The number of hydrogen-bond acceptors (Lipinski definition) is 5. The van der Waals surface area contributed by atoms with Gasteiger partial charge in [0.25, 0.3) is 0 Å². The van der Waals surface area contributed by atoms with Gasteiger partial charge in [-0.2, -0.15) is 0 Å². The second-order valence-corrected chi connectivity index (χ2v) is 4.78. The molecule has 0 aliphatic heterocycles. The number of rotatable bonds is 2. The van der Waals surface area contributed by atoms with Gasteiger partial charge in [0.15, 0.2) is 0 Å². The summed E-state index contributed by atoms with van der Waals surface area (Å²) in [6, 6.07) is 10.8. The summed E-state index contributed by atoms with van der Waals surface area (Å²) in [6.07, 6.45) is 0. The Morgan fingerprint density at radius 2 is 1.06 bits per heavy atom. The van der Waals surface area contributed by atoms with E-state index >= 15 is 0 Å². The number of nitrogen functional groups attached to an aromatic ring is 4. The van der Waals surface area contributed by atoms with Crippen molar-refractivity contribution in [2.24, 2.45) is 0 Å². The first kappa shape index (κ1) is 11.5. The van der Waals surface area contributed by atoms with Gasteiger partial charge in [0.05, 0.1) is 0 Å². The highest BCUT2D eigenvalue weighted by Crippen LogP contribution is 2.36. The summed E-state index contributed by atoms with van der Waals surface area (Å²) in [5, 5.41) is 0. The van der Waals surface area contributed by atoms with E-state index in [1.165, 1.54) is 11.8 Å². The van der Waals surface area contributed by atoms with Crippen molar-refractivity contribution in [2.45, 2.75) is 9.79 Å². The molecule has 5 heteroatoms. The molecular weight excluding hydrogens is 232 g/mol. The van der Waals surface area contributed by atoms with Crippen LogP contribution in [-0.2, 0) is 0 Å². The highest BCUT2D eigenvalue weighted by Gasteiger charge is 2.05. The molecule has 2 rings (SSSR count). The predicted octanol–water partition coefficient (Wildman–Crippen LogP) is 2.17. The SMILES string of the molecule is Nc1ccc(Sc2ccc(N)cc2N)c(N)c1. The van der Waals surface area contributed by atoms with Crippen LogP contribution in [0.5, 0.6) is 0 Å². The summed E-state index contributed by atoms with van der Waals surface area (Å²) in [5.41, 5.74) is 25.6. The summed E-state index contributed by atoms with van der Waals surface area (Å²) in [5.74, 6) is 0. The Bertz CT molecular complexity index is 505. The van der Waals surface area contributed by atoms with Crippen LogP contribution in [0.3, 0.4) is 0 Å². The molecule has 0 spiro atoms. The fourth-order valence-electron chi connectivity index (χ4n) is 1.44. The zero-order chi connectivity index (χ0) is 12.4. The van der Waals surface area contributed by atoms with Gasteiger partial charge >= 0.3 is 0 Å². The van der Waals surface area contributed by atoms with Gasteiger partial charge in [0.1, 0.15) is 0 Å². The lowest BCUT2D eigenvalue weighted by Gasteiger charge is -2.08. The molecule has 0 aliphatic rings. The van der Waals surface area contributed by atoms with Crippen LogP contribution in [0.2, 0.25) is 0 Å². The zero-order valence-corrected chi connectivity index (χ0v) is 10.00. The van der Waals surface area contributed by atoms with Crippen molar-refractivity contribution in [1.29, 1.82) is 0 Å². The molecule has 4 nitrogen and oxygen atoms in total. The summed E-state index contributed by atoms with van der Waals surface area (Å²) < 4.78 is 0. The fourth-order valence-corrected chi connectivity index (χ4v) is 2.30. The minimum absolute atomic E-state index is 0.645. The third kappa shape index (κ3) is 2.57. The van der Waals surface area contributed by atoms with E-state index < -0.39 is 0 Å². The smallest absolute Gasteiger partial charge is 0.0476 e. The van der Waals surface area contributed by atoms with Gasteiger partial charge in [0.2, 0.25) is 0 Å². The van der Waals surface area contributed by atoms with Crippen LogP contribution in [-0.4, -0.2) is 0 Å². The lowest BCUT2D eigenvalue weighted by molar-refractivity contribution is 1.41. The second kappa shape index (κ2) is 4.47. The molecule has 0 aromatic heterocycles. The Morgan fingerprint density at radius 1 is 0.647 bits per heavy atom. The van der Waals surface area contributed by atoms with Gasteiger partial charge in [-0.1, -0.05) is 11.8 Å². The van der Waals surface area contributed by atoms with Crippen molar-refractivity contribution >= 4 is 34.5 Å². The molecule has 0 amide bonds. The van der Waals surface area contributed by atoms with Crippen LogP contribution in [0.4, 0.5) is 22.7 Å². The summed E-state index contributed by atoms with van der Waals surface area (Å²) in [4.78, 5) is 1.85. The molecule has 0 radical (unpaired) electrons. The standard InChI is InChI=1S/C12H14N4S/c13-7-1-3-11(9(15)5-7)17-12-4-2-8(14)6-10(12)16/h1-6H,13-16H2. The molecule has 0 unspecified atom stereocenters. The molecule has 0 aliphatic carbocycles. The minimum Gasteiger partial charge on any atom is -0.399 e. The van der Waals surface area contributed by atoms with Gasteiger partial charge in [-0.3, -0.25) is 0 Å². The highest BCUT2D eigenvalue weighted by atomic mass is 32.2. The van der Waals surface area contributed by atoms with E-state index in [0.29, 0.717) is 22.7 Å². The average molecular weight is 246 g/mol. The Labute approximate surface area is 104 Å². The minimum atomic E-state index is 0.645. The van der Waals surface area contributed by atoms with Crippen LogP contribution < -0.4 is 22.9 Å². The van der Waals surface area contributed by atoms with Gasteiger partial charge < -0.3 is 22.9 Å². The molecule has 0 saturated heterocycles. The molecule has 2 aromatic rings. The van der Waals surface area contributed by atoms with E-state index in [9.17, 15) is 0 Å². The molecule has 88 valence electrons. The van der Waals surface area contributed by atoms with Gasteiger partial charge in [-0.25, -0.2) is 0 Å². The molecule has 0 atom stereocenters. The maximum absolute atomic E-state index is 5.88. The maximum atomic E-state index is 5.88. The van der Waals surface area contributed by atoms with E-state index in [4.69, 9.17) is 22.9 Å². The summed E-state index contributed by atoms with van der Waals surface area (Å²) in [6.45, 7) is 0. The van der Waals surface area contributed by atoms with Crippen molar-refractivity contribution in [3.63, 3.8) is 0 Å². The largest absolute Gasteiger partial charge is 0.399 e. The van der Waals surface area contributed by atoms with E-state index in [0.717, 1.165) is 9.79 Å². The van der Waals surface area contributed by atoms with E-state index in [1.54, 1.807) is 12.1 Å². The Kier molecular flexibility index (Phi) is 3.01. The first-order chi connectivity index (χ1) is 8.06. The van der Waals surface area contributed by atoms with E-state index in [1.807, 2.05) is 24.3 Å². The third-order valence-electron chi connectivity index (χ3n) is 2.29. The van der Waals surface area contributed by atoms with Crippen molar-refractivity contribution < 1.29 is 0 Å². The normalized spacial score (nSPS) is 10.4. The van der Waals surface area contributed by atoms with Crippen LogP contribution in [0, 0.1) is 0 Å². The van der Waals surface area contributed by atoms with Crippen LogP contribution in [0.1, 0.15) is 0 Å². The summed E-state index contributed by atoms with van der Waals surface area (Å²) >= 11 is 1.50. The van der Waals surface area contributed by atoms with E-state index in [2.05, 4.69) is 0 Å². The number of nitrogens with two attached hydrogens (primary N) is 4. The Morgan fingerprint density at radius 3 is 1.41 bits per heavy atom. The summed E-state index contributed by atoms with van der Waals surface area (Å²) in [7, 11) is 0. The molecule has 17 heavy (non-hydrogen) atoms. The Balaban J connectivity index is 2.31. The monoisotopic (exact) mass is 246 g/mol. The fraction of sp³-hybridized carbons (Fsp3) is 0. The second-order valence-electron chi connectivity index (χ2n) is 3.70. The lowest BCUT2D eigenvalue weighted by atomic mass is 10.3. The van der Waals surface area contributed by atoms with Gasteiger partial charge in [-0.05, 0) is 36.4 Å². The molecule has 8 N–H and O–H groups in total. The van der Waals surface area contributed by atoms with Crippen LogP contribution >= 0.6 is 11.8 Å². The number of hydrogen-bond donors (Lipinski definition) is 4. The third-order valence-corrected chi connectivity index (χ3v) is 3.47. The number of benzene rings is 2. The van der Waals surface area contributed by atoms with Crippen LogP contribution in [0.15, 0.2) is 46.2 Å². The molecule has 0 bridgehead atoms.